The molecule has 0 radical (unpaired) electrons. The third-order valence-corrected chi connectivity index (χ3v) is 4.10. The molecule has 0 unspecified atom stereocenters. The van der Waals surface area contributed by atoms with Gasteiger partial charge in [0.25, 0.3) is 0 Å². The summed E-state index contributed by atoms with van der Waals surface area (Å²) in [6.45, 7) is 7.07. The average Bonchev–Trinajstić information content (AvgIpc) is 2.37. The summed E-state index contributed by atoms with van der Waals surface area (Å²) in [7, 11) is 1.79. The van der Waals surface area contributed by atoms with E-state index < -0.39 is 11.9 Å². The van der Waals surface area contributed by atoms with E-state index in [0.717, 1.165) is 12.8 Å². The molecular formula is C13H24N2O3. The van der Waals surface area contributed by atoms with Gasteiger partial charge in [0.15, 0.2) is 0 Å². The molecule has 0 saturated carbocycles. The van der Waals surface area contributed by atoms with Gasteiger partial charge in [-0.3, -0.25) is 4.79 Å². The number of hydrogen-bond donors (Lipinski definition) is 1. The first-order valence-corrected chi connectivity index (χ1v) is 6.55. The topological polar surface area (TPSA) is 60.9 Å². The second-order valence-corrected chi connectivity index (χ2v) is 5.63. The first-order chi connectivity index (χ1) is 8.29. The molecule has 1 aliphatic rings. The van der Waals surface area contributed by atoms with Crippen molar-refractivity contribution in [3.63, 3.8) is 0 Å². The number of carbonyl (C=O) groups excluding carboxylic acids is 1. The third-order valence-electron chi connectivity index (χ3n) is 4.10. The second-order valence-electron chi connectivity index (χ2n) is 5.63. The Morgan fingerprint density at radius 3 is 2.56 bits per heavy atom. The zero-order chi connectivity index (χ0) is 13.9. The Balaban J connectivity index is 2.69. The van der Waals surface area contributed by atoms with Crippen molar-refractivity contribution in [2.75, 3.05) is 20.1 Å². The van der Waals surface area contributed by atoms with Crippen molar-refractivity contribution in [2.45, 2.75) is 45.6 Å². The summed E-state index contributed by atoms with van der Waals surface area (Å²) in [5.74, 6) is -1.22. The van der Waals surface area contributed by atoms with E-state index in [-0.39, 0.29) is 11.6 Å². The minimum atomic E-state index is -0.801. The zero-order valence-corrected chi connectivity index (χ0v) is 11.8. The lowest BCUT2D eigenvalue weighted by molar-refractivity contribution is -0.143. The molecule has 0 aromatic rings. The highest BCUT2D eigenvalue weighted by Crippen LogP contribution is 2.22. The summed E-state index contributed by atoms with van der Waals surface area (Å²) >= 11 is 0. The molecule has 18 heavy (non-hydrogen) atoms. The number of urea groups is 1. The van der Waals surface area contributed by atoms with E-state index in [2.05, 4.69) is 0 Å². The van der Waals surface area contributed by atoms with Gasteiger partial charge in [0.05, 0.1) is 5.92 Å². The molecule has 1 fully saturated rings. The molecule has 1 saturated heterocycles. The number of rotatable bonds is 3. The van der Waals surface area contributed by atoms with Gasteiger partial charge in [-0.1, -0.05) is 6.92 Å². The number of carboxylic acid groups (broad SMARTS) is 1. The summed E-state index contributed by atoms with van der Waals surface area (Å²) in [5.41, 5.74) is -0.201. The van der Waals surface area contributed by atoms with Crippen molar-refractivity contribution < 1.29 is 14.7 Å². The fourth-order valence-corrected chi connectivity index (χ4v) is 2.06. The second kappa shape index (κ2) is 5.59. The average molecular weight is 256 g/mol. The van der Waals surface area contributed by atoms with Gasteiger partial charge in [0.1, 0.15) is 0 Å². The summed E-state index contributed by atoms with van der Waals surface area (Å²) in [6, 6.07) is -0.0622. The van der Waals surface area contributed by atoms with E-state index in [0.29, 0.717) is 19.5 Å². The number of carbonyl (C=O) groups is 2. The van der Waals surface area contributed by atoms with Crippen LogP contribution in [0.1, 0.15) is 40.0 Å². The number of amides is 2. The summed E-state index contributed by atoms with van der Waals surface area (Å²) in [5, 5.41) is 9.03. The molecule has 0 bridgehead atoms. The predicted molar refractivity (Wildman–Crippen MR) is 69.5 cm³/mol. The number of nitrogens with zero attached hydrogens (tertiary/aromatic N) is 2. The quantitative estimate of drug-likeness (QED) is 0.840. The van der Waals surface area contributed by atoms with Crippen LogP contribution in [-0.4, -0.2) is 52.6 Å². The number of likely N-dealkylation sites (tertiary alicyclic amines) is 1. The van der Waals surface area contributed by atoms with Crippen LogP contribution in [0.5, 0.6) is 0 Å². The standard InChI is InChI=1S/C13H24N2O3/c1-5-13(2,3)14(4)12(18)15-8-6-7-10(9-15)11(16)17/h10H,5-9H2,1-4H3,(H,16,17)/t10-/m1/s1. The Bertz CT molecular complexity index is 328. The maximum atomic E-state index is 12.3. The van der Waals surface area contributed by atoms with E-state index in [4.69, 9.17) is 5.11 Å². The van der Waals surface area contributed by atoms with E-state index in [9.17, 15) is 9.59 Å². The van der Waals surface area contributed by atoms with E-state index in [1.165, 1.54) is 0 Å². The lowest BCUT2D eigenvalue weighted by Crippen LogP contribution is -2.53. The van der Waals surface area contributed by atoms with Crippen LogP contribution < -0.4 is 0 Å². The van der Waals surface area contributed by atoms with Crippen molar-refractivity contribution in [1.29, 1.82) is 0 Å². The van der Waals surface area contributed by atoms with Gasteiger partial charge in [-0.25, -0.2) is 4.79 Å². The highest BCUT2D eigenvalue weighted by atomic mass is 16.4. The number of aliphatic carboxylic acids is 1. The molecule has 1 heterocycles. The summed E-state index contributed by atoms with van der Waals surface area (Å²) in [4.78, 5) is 26.7. The maximum absolute atomic E-state index is 12.3. The van der Waals surface area contributed by atoms with Gasteiger partial charge in [0.2, 0.25) is 0 Å². The largest absolute Gasteiger partial charge is 0.481 e. The molecule has 0 aromatic heterocycles. The zero-order valence-electron chi connectivity index (χ0n) is 11.8. The lowest BCUT2D eigenvalue weighted by atomic mass is 9.97. The van der Waals surface area contributed by atoms with Crippen LogP contribution in [0.25, 0.3) is 0 Å². The van der Waals surface area contributed by atoms with Gasteiger partial charge in [-0.15, -0.1) is 0 Å². The molecule has 104 valence electrons. The molecule has 1 rings (SSSR count). The molecule has 0 aromatic carbocycles. The van der Waals surface area contributed by atoms with Crippen molar-refractivity contribution in [1.82, 2.24) is 9.80 Å². The summed E-state index contributed by atoms with van der Waals surface area (Å²) in [6.07, 6.45) is 2.30. The van der Waals surface area contributed by atoms with Crippen molar-refractivity contribution >= 4 is 12.0 Å². The monoisotopic (exact) mass is 256 g/mol. The molecule has 2 amide bonds. The van der Waals surface area contributed by atoms with Crippen LogP contribution in [0.3, 0.4) is 0 Å². The van der Waals surface area contributed by atoms with Crippen molar-refractivity contribution in [2.24, 2.45) is 5.92 Å². The Kier molecular flexibility index (Phi) is 4.59. The SMILES string of the molecule is CCC(C)(C)N(C)C(=O)N1CCC[C@@H](C(=O)O)C1. The van der Waals surface area contributed by atoms with Gasteiger partial charge in [-0.05, 0) is 33.1 Å². The molecule has 1 aliphatic heterocycles. The Morgan fingerprint density at radius 1 is 1.44 bits per heavy atom. The molecule has 0 spiro atoms. The van der Waals surface area contributed by atoms with Crippen molar-refractivity contribution in [3.8, 4) is 0 Å². The minimum absolute atomic E-state index is 0.0622. The highest BCUT2D eigenvalue weighted by molar-refractivity contribution is 5.77. The van der Waals surface area contributed by atoms with Gasteiger partial charge < -0.3 is 14.9 Å². The van der Waals surface area contributed by atoms with Crippen molar-refractivity contribution in [3.05, 3.63) is 0 Å². The van der Waals surface area contributed by atoms with E-state index in [1.54, 1.807) is 16.8 Å². The molecule has 0 aliphatic carbocycles. The van der Waals surface area contributed by atoms with Gasteiger partial charge in [0, 0.05) is 25.7 Å². The van der Waals surface area contributed by atoms with Crippen LogP contribution in [0.2, 0.25) is 0 Å². The van der Waals surface area contributed by atoms with Crippen LogP contribution in [0.4, 0.5) is 4.79 Å². The predicted octanol–water partition coefficient (Wildman–Crippen LogP) is 2.02. The number of piperidine rings is 1. The van der Waals surface area contributed by atoms with Crippen LogP contribution >= 0.6 is 0 Å². The maximum Gasteiger partial charge on any atom is 0.320 e. The molecular weight excluding hydrogens is 232 g/mol. The van der Waals surface area contributed by atoms with E-state index >= 15 is 0 Å². The number of hydrogen-bond acceptors (Lipinski definition) is 2. The lowest BCUT2D eigenvalue weighted by Gasteiger charge is -2.40. The highest BCUT2D eigenvalue weighted by Gasteiger charge is 2.33. The molecule has 5 heteroatoms. The Labute approximate surface area is 109 Å². The molecule has 5 nitrogen and oxygen atoms in total. The molecule has 1 N–H and O–H groups in total. The minimum Gasteiger partial charge on any atom is -0.481 e. The van der Waals surface area contributed by atoms with Crippen LogP contribution in [0.15, 0.2) is 0 Å². The summed E-state index contributed by atoms with van der Waals surface area (Å²) < 4.78 is 0. The Hall–Kier alpha value is -1.26. The fraction of sp³-hybridized carbons (Fsp3) is 0.846. The smallest absolute Gasteiger partial charge is 0.320 e. The van der Waals surface area contributed by atoms with Crippen LogP contribution in [0, 0.1) is 5.92 Å². The normalized spacial score (nSPS) is 20.7. The third kappa shape index (κ3) is 3.15. The first kappa shape index (κ1) is 14.8. The van der Waals surface area contributed by atoms with Crippen LogP contribution in [-0.2, 0) is 4.79 Å². The number of carboxylic acids is 1. The first-order valence-electron chi connectivity index (χ1n) is 6.55. The van der Waals surface area contributed by atoms with Gasteiger partial charge in [-0.2, -0.15) is 0 Å². The molecule has 1 atom stereocenters. The Morgan fingerprint density at radius 2 is 2.06 bits per heavy atom. The van der Waals surface area contributed by atoms with Gasteiger partial charge >= 0.3 is 12.0 Å². The van der Waals surface area contributed by atoms with E-state index in [1.807, 2.05) is 20.8 Å². The fourth-order valence-electron chi connectivity index (χ4n) is 2.06.